The molecule has 1 aromatic heterocycles. The molecule has 1 aromatic rings. The molecule has 3 aliphatic rings. The molecule has 2 saturated heterocycles. The molecule has 188 valence electrons. The highest BCUT2D eigenvalue weighted by atomic mass is 16.5. The summed E-state index contributed by atoms with van der Waals surface area (Å²) in [5, 5.41) is 7.25. The average molecular weight is 474 g/mol. The van der Waals surface area contributed by atoms with Crippen LogP contribution in [0.15, 0.2) is 4.52 Å². The van der Waals surface area contributed by atoms with Gasteiger partial charge >= 0.3 is 6.03 Å². The van der Waals surface area contributed by atoms with E-state index in [9.17, 15) is 14.4 Å². The molecule has 1 aliphatic carbocycles. The highest BCUT2D eigenvalue weighted by molar-refractivity contribution is 6.07. The smallest absolute Gasteiger partial charge is 0.325 e. The van der Waals surface area contributed by atoms with Crippen LogP contribution in [0.3, 0.4) is 0 Å². The van der Waals surface area contributed by atoms with Crippen molar-refractivity contribution < 1.29 is 18.9 Å². The normalized spacial score (nSPS) is 23.7. The average Bonchev–Trinajstić information content (AvgIpc) is 3.35. The van der Waals surface area contributed by atoms with Crippen molar-refractivity contribution in [2.45, 2.75) is 70.8 Å². The van der Waals surface area contributed by atoms with Crippen LogP contribution in [0.5, 0.6) is 0 Å². The molecule has 2 fully saturated rings. The number of aromatic nitrogens is 1. The Morgan fingerprint density at radius 2 is 1.91 bits per heavy atom. The first-order valence-corrected chi connectivity index (χ1v) is 12.8. The van der Waals surface area contributed by atoms with E-state index < -0.39 is 5.54 Å². The quantitative estimate of drug-likeness (QED) is 0.583. The lowest BCUT2D eigenvalue weighted by Crippen LogP contribution is -2.56. The summed E-state index contributed by atoms with van der Waals surface area (Å²) in [5.74, 6) is 0.619. The molecule has 0 unspecified atom stereocenters. The zero-order valence-electron chi connectivity index (χ0n) is 21.1. The van der Waals surface area contributed by atoms with Gasteiger partial charge in [0.15, 0.2) is 0 Å². The third-order valence-electron chi connectivity index (χ3n) is 7.72. The molecule has 0 saturated carbocycles. The molecule has 2 aliphatic heterocycles. The van der Waals surface area contributed by atoms with Gasteiger partial charge in [0.1, 0.15) is 5.54 Å². The standard InChI is InChI=1S/C25H39N5O4/c1-17(2)9-12-25(23(32)30(24(33)26-25)16-15-28(3)4)18-10-13-29(14-11-18)22(31)21-19-7-5-6-8-20(19)27-34-21/h17-18H,5-16H2,1-4H3,(H,26,33)/t25-/m1/s1. The van der Waals surface area contributed by atoms with Crippen LogP contribution in [0.25, 0.3) is 0 Å². The highest BCUT2D eigenvalue weighted by Crippen LogP contribution is 2.38. The van der Waals surface area contributed by atoms with Gasteiger partial charge in [0.2, 0.25) is 5.76 Å². The van der Waals surface area contributed by atoms with Crippen molar-refractivity contribution in [3.8, 4) is 0 Å². The van der Waals surface area contributed by atoms with Gasteiger partial charge in [-0.05, 0) is 77.3 Å². The Labute approximate surface area is 202 Å². The van der Waals surface area contributed by atoms with Crippen molar-refractivity contribution in [1.82, 2.24) is 25.2 Å². The van der Waals surface area contributed by atoms with Crippen molar-refractivity contribution in [2.75, 3.05) is 40.3 Å². The maximum Gasteiger partial charge on any atom is 0.325 e. The predicted octanol–water partition coefficient (Wildman–Crippen LogP) is 2.69. The number of likely N-dealkylation sites (N-methyl/N-ethyl adjacent to an activating group) is 1. The fourth-order valence-corrected chi connectivity index (χ4v) is 5.59. The Kier molecular flexibility index (Phi) is 7.31. The number of hydrogen-bond acceptors (Lipinski definition) is 6. The molecule has 1 N–H and O–H groups in total. The van der Waals surface area contributed by atoms with Gasteiger partial charge in [-0.3, -0.25) is 14.5 Å². The largest absolute Gasteiger partial charge is 0.350 e. The van der Waals surface area contributed by atoms with Gasteiger partial charge in [-0.25, -0.2) is 4.79 Å². The minimum atomic E-state index is -0.881. The second-order valence-corrected chi connectivity index (χ2v) is 10.8. The van der Waals surface area contributed by atoms with Crippen LogP contribution >= 0.6 is 0 Å². The fourth-order valence-electron chi connectivity index (χ4n) is 5.59. The number of carbonyl (C=O) groups is 3. The number of rotatable bonds is 8. The first-order valence-electron chi connectivity index (χ1n) is 12.8. The van der Waals surface area contributed by atoms with E-state index in [0.29, 0.717) is 57.1 Å². The Hall–Kier alpha value is -2.42. The summed E-state index contributed by atoms with van der Waals surface area (Å²) in [6.45, 7) is 6.38. The van der Waals surface area contributed by atoms with Crippen LogP contribution in [-0.4, -0.2) is 83.5 Å². The minimum Gasteiger partial charge on any atom is -0.350 e. The van der Waals surface area contributed by atoms with Crippen LogP contribution in [0, 0.1) is 11.8 Å². The molecule has 0 spiro atoms. The number of nitrogens with zero attached hydrogens (tertiary/aromatic N) is 4. The predicted molar refractivity (Wildman–Crippen MR) is 127 cm³/mol. The van der Waals surface area contributed by atoms with Gasteiger partial charge in [-0.2, -0.15) is 0 Å². The highest BCUT2D eigenvalue weighted by Gasteiger charge is 2.55. The van der Waals surface area contributed by atoms with Gasteiger partial charge < -0.3 is 19.6 Å². The van der Waals surface area contributed by atoms with E-state index in [1.807, 2.05) is 23.9 Å². The Bertz CT molecular complexity index is 918. The number of urea groups is 1. The van der Waals surface area contributed by atoms with Crippen molar-refractivity contribution in [3.05, 3.63) is 17.0 Å². The summed E-state index contributed by atoms with van der Waals surface area (Å²) in [7, 11) is 3.87. The number of hydrogen-bond donors (Lipinski definition) is 1. The molecule has 0 aromatic carbocycles. The molecule has 9 nitrogen and oxygen atoms in total. The second kappa shape index (κ2) is 10.1. The minimum absolute atomic E-state index is 0.000234. The number of piperidine rings is 1. The molecule has 0 bridgehead atoms. The Morgan fingerprint density at radius 1 is 1.21 bits per heavy atom. The fraction of sp³-hybridized carbons (Fsp3) is 0.760. The third-order valence-corrected chi connectivity index (χ3v) is 7.72. The van der Waals surface area contributed by atoms with E-state index in [2.05, 4.69) is 24.3 Å². The van der Waals surface area contributed by atoms with E-state index in [-0.39, 0.29) is 23.8 Å². The maximum absolute atomic E-state index is 13.6. The third kappa shape index (κ3) is 4.72. The molecular weight excluding hydrogens is 434 g/mol. The topological polar surface area (TPSA) is 99.0 Å². The van der Waals surface area contributed by atoms with Crippen LogP contribution in [0.1, 0.15) is 74.2 Å². The zero-order chi connectivity index (χ0) is 24.5. The van der Waals surface area contributed by atoms with Gasteiger partial charge in [0, 0.05) is 31.7 Å². The number of fused-ring (bicyclic) bond motifs is 1. The molecule has 4 amide bonds. The summed E-state index contributed by atoms with van der Waals surface area (Å²) < 4.78 is 5.47. The van der Waals surface area contributed by atoms with Gasteiger partial charge in [0.25, 0.3) is 11.8 Å². The molecular formula is C25H39N5O4. The maximum atomic E-state index is 13.6. The summed E-state index contributed by atoms with van der Waals surface area (Å²) in [4.78, 5) is 44.9. The molecule has 34 heavy (non-hydrogen) atoms. The van der Waals surface area contributed by atoms with Crippen molar-refractivity contribution >= 4 is 17.8 Å². The van der Waals surface area contributed by atoms with Crippen molar-refractivity contribution in [2.24, 2.45) is 11.8 Å². The summed E-state index contributed by atoms with van der Waals surface area (Å²) in [6, 6.07) is -0.289. The lowest BCUT2D eigenvalue weighted by atomic mass is 9.73. The molecule has 9 heteroatoms. The van der Waals surface area contributed by atoms with Gasteiger partial charge in [0.05, 0.1) is 5.69 Å². The van der Waals surface area contributed by atoms with Crippen LogP contribution in [-0.2, 0) is 17.6 Å². The SMILES string of the molecule is CC(C)CC[C@]1(C2CCN(C(=O)c3onc4c3CCCC4)CC2)NC(=O)N(CCN(C)C)C1=O. The van der Waals surface area contributed by atoms with E-state index in [1.54, 1.807) is 0 Å². The second-order valence-electron chi connectivity index (χ2n) is 10.8. The van der Waals surface area contributed by atoms with Crippen LogP contribution < -0.4 is 5.32 Å². The molecule has 0 radical (unpaired) electrons. The van der Waals surface area contributed by atoms with Gasteiger partial charge in [-0.15, -0.1) is 0 Å². The Balaban J connectivity index is 1.47. The monoisotopic (exact) mass is 473 g/mol. The molecule has 4 rings (SSSR count). The number of amides is 4. The first-order chi connectivity index (χ1) is 16.2. The van der Waals surface area contributed by atoms with E-state index in [4.69, 9.17) is 4.52 Å². The lowest BCUT2D eigenvalue weighted by molar-refractivity contribution is -0.134. The zero-order valence-corrected chi connectivity index (χ0v) is 21.1. The van der Waals surface area contributed by atoms with E-state index in [1.165, 1.54) is 4.90 Å². The number of carbonyl (C=O) groups excluding carboxylic acids is 3. The summed E-state index contributed by atoms with van der Waals surface area (Å²) in [5.41, 5.74) is 1.02. The van der Waals surface area contributed by atoms with Crippen molar-refractivity contribution in [3.63, 3.8) is 0 Å². The van der Waals surface area contributed by atoms with E-state index in [0.717, 1.165) is 43.4 Å². The molecule has 1 atom stereocenters. The number of likely N-dealkylation sites (tertiary alicyclic amines) is 1. The van der Waals surface area contributed by atoms with Crippen LogP contribution in [0.4, 0.5) is 4.79 Å². The number of nitrogens with one attached hydrogen (secondary N) is 1. The Morgan fingerprint density at radius 3 is 2.59 bits per heavy atom. The van der Waals surface area contributed by atoms with E-state index >= 15 is 0 Å². The lowest BCUT2D eigenvalue weighted by Gasteiger charge is -2.41. The summed E-state index contributed by atoms with van der Waals surface area (Å²) >= 11 is 0. The number of aryl methyl sites for hydroxylation is 1. The first kappa shape index (κ1) is 24.7. The van der Waals surface area contributed by atoms with Crippen molar-refractivity contribution in [1.29, 1.82) is 0 Å². The number of imide groups is 1. The summed E-state index contributed by atoms with van der Waals surface area (Å²) in [6.07, 6.45) is 6.69. The van der Waals surface area contributed by atoms with Gasteiger partial charge in [-0.1, -0.05) is 19.0 Å². The molecule has 3 heterocycles. The van der Waals surface area contributed by atoms with Crippen LogP contribution in [0.2, 0.25) is 0 Å².